The molecule has 0 fully saturated rings. The van der Waals surface area contributed by atoms with E-state index in [9.17, 15) is 13.6 Å². The largest absolute Gasteiger partial charge is 0.457 e. The minimum atomic E-state index is -2.53. The van der Waals surface area contributed by atoms with Crippen molar-refractivity contribution in [3.8, 4) is 22.6 Å². The SMILES string of the molecule is Cn1cc(-c2cc(N)ccc2Oc2ccc(C(F)F)cc2)c2cc[nH]c2c1=O. The highest BCUT2D eigenvalue weighted by atomic mass is 19.3. The Labute approximate surface area is 159 Å². The minimum absolute atomic E-state index is 0.0722. The second-order valence-electron chi connectivity index (χ2n) is 6.45. The number of rotatable bonds is 4. The molecule has 0 saturated heterocycles. The molecule has 3 N–H and O–H groups in total. The summed E-state index contributed by atoms with van der Waals surface area (Å²) >= 11 is 0. The molecular weight excluding hydrogens is 364 g/mol. The summed E-state index contributed by atoms with van der Waals surface area (Å²) in [7, 11) is 1.67. The number of benzene rings is 2. The number of halogens is 2. The van der Waals surface area contributed by atoms with E-state index in [4.69, 9.17) is 10.5 Å². The zero-order chi connectivity index (χ0) is 19.8. The van der Waals surface area contributed by atoms with Crippen LogP contribution in [0, 0.1) is 0 Å². The Morgan fingerprint density at radius 3 is 2.54 bits per heavy atom. The molecule has 28 heavy (non-hydrogen) atoms. The van der Waals surface area contributed by atoms with Crippen molar-refractivity contribution in [1.29, 1.82) is 0 Å². The molecule has 0 aliphatic carbocycles. The van der Waals surface area contributed by atoms with Gasteiger partial charge in [-0.3, -0.25) is 4.79 Å². The summed E-state index contributed by atoms with van der Waals surface area (Å²) in [4.78, 5) is 15.3. The van der Waals surface area contributed by atoms with E-state index in [0.717, 1.165) is 10.9 Å². The van der Waals surface area contributed by atoms with Crippen molar-refractivity contribution in [2.24, 2.45) is 7.05 Å². The number of alkyl halides is 2. The van der Waals surface area contributed by atoms with E-state index in [1.54, 1.807) is 37.6 Å². The lowest BCUT2D eigenvalue weighted by molar-refractivity contribution is 0.151. The average molecular weight is 381 g/mol. The lowest BCUT2D eigenvalue weighted by atomic mass is 10.0. The van der Waals surface area contributed by atoms with Gasteiger partial charge in [0.2, 0.25) is 0 Å². The fourth-order valence-electron chi connectivity index (χ4n) is 3.14. The molecule has 0 unspecified atom stereocenters. The smallest absolute Gasteiger partial charge is 0.274 e. The number of anilines is 1. The number of nitrogens with zero attached hydrogens (tertiary/aromatic N) is 1. The van der Waals surface area contributed by atoms with Crippen LogP contribution in [-0.4, -0.2) is 9.55 Å². The van der Waals surface area contributed by atoms with Gasteiger partial charge in [-0.2, -0.15) is 0 Å². The Balaban J connectivity index is 1.83. The summed E-state index contributed by atoms with van der Waals surface area (Å²) in [5.74, 6) is 0.922. The zero-order valence-corrected chi connectivity index (χ0v) is 14.9. The van der Waals surface area contributed by atoms with Crippen LogP contribution in [0.3, 0.4) is 0 Å². The van der Waals surface area contributed by atoms with Crippen molar-refractivity contribution in [1.82, 2.24) is 9.55 Å². The lowest BCUT2D eigenvalue weighted by Crippen LogP contribution is -2.16. The second-order valence-corrected chi connectivity index (χ2v) is 6.45. The Morgan fingerprint density at radius 1 is 1.07 bits per heavy atom. The van der Waals surface area contributed by atoms with Crippen molar-refractivity contribution in [3.63, 3.8) is 0 Å². The van der Waals surface area contributed by atoms with Crippen LogP contribution < -0.4 is 16.0 Å². The predicted octanol–water partition coefficient (Wildman–Crippen LogP) is 4.85. The maximum absolute atomic E-state index is 12.8. The van der Waals surface area contributed by atoms with Crippen molar-refractivity contribution < 1.29 is 13.5 Å². The number of H-pyrrole nitrogens is 1. The van der Waals surface area contributed by atoms with Crippen LogP contribution in [0.1, 0.15) is 12.0 Å². The van der Waals surface area contributed by atoms with Gasteiger partial charge in [-0.25, -0.2) is 8.78 Å². The zero-order valence-electron chi connectivity index (χ0n) is 14.9. The van der Waals surface area contributed by atoms with Gasteiger partial charge in [0.15, 0.2) is 0 Å². The fraction of sp³-hybridized carbons (Fsp3) is 0.0952. The normalized spacial score (nSPS) is 11.3. The van der Waals surface area contributed by atoms with E-state index < -0.39 is 6.43 Å². The number of nitrogens with two attached hydrogens (primary N) is 1. The minimum Gasteiger partial charge on any atom is -0.457 e. The molecule has 5 nitrogen and oxygen atoms in total. The highest BCUT2D eigenvalue weighted by molar-refractivity contribution is 5.96. The Morgan fingerprint density at radius 2 is 1.82 bits per heavy atom. The number of fused-ring (bicyclic) bond motifs is 1. The number of aromatic nitrogens is 2. The van der Waals surface area contributed by atoms with Gasteiger partial charge in [0.1, 0.15) is 17.0 Å². The number of pyridine rings is 1. The number of aromatic amines is 1. The fourth-order valence-corrected chi connectivity index (χ4v) is 3.14. The molecule has 0 spiro atoms. The molecule has 2 aromatic heterocycles. The molecule has 4 rings (SSSR count). The van der Waals surface area contributed by atoms with Crippen LogP contribution in [0.25, 0.3) is 22.0 Å². The van der Waals surface area contributed by atoms with Crippen LogP contribution >= 0.6 is 0 Å². The summed E-state index contributed by atoms with van der Waals surface area (Å²) in [5, 5.41) is 0.742. The molecule has 0 bridgehead atoms. The van der Waals surface area contributed by atoms with Gasteiger partial charge in [0.05, 0.1) is 0 Å². The number of aryl methyl sites for hydroxylation is 1. The molecule has 2 heterocycles. The molecular formula is C21H17F2N3O2. The van der Waals surface area contributed by atoms with Gasteiger partial charge in [-0.1, -0.05) is 0 Å². The van der Waals surface area contributed by atoms with Gasteiger partial charge in [0.25, 0.3) is 12.0 Å². The summed E-state index contributed by atoms with van der Waals surface area (Å²) in [6.45, 7) is 0. The first-order valence-corrected chi connectivity index (χ1v) is 8.56. The van der Waals surface area contributed by atoms with Gasteiger partial charge in [-0.05, 0) is 48.5 Å². The maximum Gasteiger partial charge on any atom is 0.274 e. The van der Waals surface area contributed by atoms with Crippen molar-refractivity contribution in [2.75, 3.05) is 5.73 Å². The predicted molar refractivity (Wildman–Crippen MR) is 105 cm³/mol. The van der Waals surface area contributed by atoms with E-state index in [-0.39, 0.29) is 11.1 Å². The summed E-state index contributed by atoms with van der Waals surface area (Å²) in [6.07, 6.45) is 0.888. The number of nitrogens with one attached hydrogen (secondary N) is 1. The van der Waals surface area contributed by atoms with Crippen molar-refractivity contribution in [2.45, 2.75) is 6.43 Å². The molecule has 2 aromatic carbocycles. The third-order valence-corrected chi connectivity index (χ3v) is 4.55. The van der Waals surface area contributed by atoms with Crippen LogP contribution in [0.4, 0.5) is 14.5 Å². The standard InChI is InChI=1S/C21H17F2N3O2/c1-26-11-17(15-8-9-25-19(15)21(26)27)16-10-13(24)4-7-18(16)28-14-5-2-12(3-6-14)20(22)23/h2-11,20,25H,24H2,1H3. The van der Waals surface area contributed by atoms with Crippen molar-refractivity contribution >= 4 is 16.6 Å². The quantitative estimate of drug-likeness (QED) is 0.497. The molecule has 142 valence electrons. The van der Waals surface area contributed by atoms with Gasteiger partial charge < -0.3 is 20.0 Å². The third kappa shape index (κ3) is 3.11. The molecule has 0 amide bonds. The first-order valence-electron chi connectivity index (χ1n) is 8.56. The highest BCUT2D eigenvalue weighted by Crippen LogP contribution is 2.38. The van der Waals surface area contributed by atoms with Gasteiger partial charge in [-0.15, -0.1) is 0 Å². The van der Waals surface area contributed by atoms with E-state index in [2.05, 4.69) is 4.98 Å². The van der Waals surface area contributed by atoms with E-state index in [0.29, 0.717) is 28.3 Å². The third-order valence-electron chi connectivity index (χ3n) is 4.55. The number of hydrogen-bond acceptors (Lipinski definition) is 3. The second kappa shape index (κ2) is 6.84. The molecule has 4 aromatic rings. The first kappa shape index (κ1) is 17.8. The van der Waals surface area contributed by atoms with Crippen LogP contribution in [0.5, 0.6) is 11.5 Å². The van der Waals surface area contributed by atoms with Crippen LogP contribution in [0.15, 0.2) is 65.7 Å². The Kier molecular flexibility index (Phi) is 4.35. The lowest BCUT2D eigenvalue weighted by Gasteiger charge is -2.14. The molecule has 0 aliphatic heterocycles. The first-order chi connectivity index (χ1) is 13.4. The summed E-state index contributed by atoms with van der Waals surface area (Å²) in [6, 6.07) is 12.6. The topological polar surface area (TPSA) is 73.0 Å². The summed E-state index contributed by atoms with van der Waals surface area (Å²) in [5.41, 5.74) is 8.25. The molecule has 0 aliphatic rings. The monoisotopic (exact) mass is 381 g/mol. The van der Waals surface area contributed by atoms with E-state index >= 15 is 0 Å². The van der Waals surface area contributed by atoms with Crippen molar-refractivity contribution in [3.05, 3.63) is 76.8 Å². The molecule has 0 saturated carbocycles. The van der Waals surface area contributed by atoms with E-state index in [1.165, 1.54) is 28.8 Å². The molecule has 0 atom stereocenters. The average Bonchev–Trinajstić information content (AvgIpc) is 3.17. The number of hydrogen-bond donors (Lipinski definition) is 2. The van der Waals surface area contributed by atoms with Gasteiger partial charge >= 0.3 is 0 Å². The van der Waals surface area contributed by atoms with E-state index in [1.807, 2.05) is 6.07 Å². The summed E-state index contributed by atoms with van der Waals surface area (Å²) < 4.78 is 33.0. The molecule has 0 radical (unpaired) electrons. The van der Waals surface area contributed by atoms with Gasteiger partial charge in [0, 0.05) is 47.2 Å². The Hall–Kier alpha value is -3.61. The van der Waals surface area contributed by atoms with Crippen LogP contribution in [0.2, 0.25) is 0 Å². The maximum atomic E-state index is 12.8. The van der Waals surface area contributed by atoms with Crippen LogP contribution in [-0.2, 0) is 7.05 Å². The number of nitrogen functional groups attached to an aromatic ring is 1. The molecule has 7 heteroatoms. The Bertz CT molecular complexity index is 1210. The number of ether oxygens (including phenoxy) is 1. The highest BCUT2D eigenvalue weighted by Gasteiger charge is 2.15.